The van der Waals surface area contributed by atoms with Crippen LogP contribution in [0, 0.1) is 0 Å². The van der Waals surface area contributed by atoms with Crippen LogP contribution in [0.3, 0.4) is 0 Å². The fraction of sp³-hybridized carbons (Fsp3) is 0.167. The van der Waals surface area contributed by atoms with Gasteiger partial charge in [0.2, 0.25) is 0 Å². The second kappa shape index (κ2) is 5.00. The molecule has 94 valence electrons. The Morgan fingerprint density at radius 1 is 1.28 bits per heavy atom. The average Bonchev–Trinajstić information content (AvgIpc) is 2.32. The van der Waals surface area contributed by atoms with Gasteiger partial charge in [-0.1, -0.05) is 23.2 Å². The molecule has 1 aromatic heterocycles. The molecule has 6 heteroatoms. The zero-order chi connectivity index (χ0) is 13.3. The Morgan fingerprint density at radius 2 is 1.94 bits per heavy atom. The lowest BCUT2D eigenvalue weighted by atomic mass is 10.1. The highest BCUT2D eigenvalue weighted by atomic mass is 35.5. The van der Waals surface area contributed by atoms with Crippen LogP contribution in [0.15, 0.2) is 23.0 Å². The maximum atomic E-state index is 11.7. The number of methoxy groups -OCH3 is 1. The van der Waals surface area contributed by atoms with Gasteiger partial charge in [0.1, 0.15) is 0 Å². The van der Waals surface area contributed by atoms with Gasteiger partial charge in [-0.15, -0.1) is 0 Å². The van der Waals surface area contributed by atoms with Crippen LogP contribution in [0.2, 0.25) is 10.0 Å². The molecule has 2 aromatic rings. The number of rotatable bonds is 2. The molecule has 0 amide bonds. The quantitative estimate of drug-likeness (QED) is 0.863. The second-order valence-electron chi connectivity index (χ2n) is 3.73. The van der Waals surface area contributed by atoms with Crippen molar-refractivity contribution in [2.75, 3.05) is 7.11 Å². The molecule has 0 aliphatic heterocycles. The van der Waals surface area contributed by atoms with Crippen molar-refractivity contribution < 1.29 is 9.53 Å². The largest absolute Gasteiger partial charge is 0.469 e. The molecule has 18 heavy (non-hydrogen) atoms. The van der Waals surface area contributed by atoms with Gasteiger partial charge in [0.05, 0.1) is 23.6 Å². The van der Waals surface area contributed by atoms with Gasteiger partial charge in [0.15, 0.2) is 0 Å². The summed E-state index contributed by atoms with van der Waals surface area (Å²) in [6, 6.07) is 4.81. The van der Waals surface area contributed by atoms with Gasteiger partial charge in [-0.25, -0.2) is 0 Å². The number of carbonyl (C=O) groups excluding carboxylic acids is 1. The first-order valence-corrected chi connectivity index (χ1v) is 5.84. The monoisotopic (exact) mass is 285 g/mol. The molecule has 0 saturated carbocycles. The summed E-state index contributed by atoms with van der Waals surface area (Å²) >= 11 is 11.8. The van der Waals surface area contributed by atoms with Crippen molar-refractivity contribution in [2.24, 2.45) is 0 Å². The minimum absolute atomic E-state index is 0.0813. The van der Waals surface area contributed by atoms with Crippen LogP contribution in [0.5, 0.6) is 0 Å². The topological polar surface area (TPSA) is 59.2 Å². The zero-order valence-electron chi connectivity index (χ0n) is 9.42. The van der Waals surface area contributed by atoms with E-state index in [1.807, 2.05) is 0 Å². The van der Waals surface area contributed by atoms with E-state index in [1.54, 1.807) is 18.2 Å². The number of hydrogen-bond donors (Lipinski definition) is 1. The van der Waals surface area contributed by atoms with E-state index in [-0.39, 0.29) is 12.0 Å². The minimum Gasteiger partial charge on any atom is -0.469 e. The van der Waals surface area contributed by atoms with Crippen LogP contribution < -0.4 is 5.56 Å². The molecule has 0 aliphatic carbocycles. The van der Waals surface area contributed by atoms with E-state index in [9.17, 15) is 9.59 Å². The molecule has 0 atom stereocenters. The lowest BCUT2D eigenvalue weighted by Gasteiger charge is -2.04. The summed E-state index contributed by atoms with van der Waals surface area (Å²) in [5.41, 5.74) is 0.557. The molecule has 1 heterocycles. The molecule has 0 bridgehead atoms. The maximum Gasteiger partial charge on any atom is 0.310 e. The third kappa shape index (κ3) is 2.49. The minimum atomic E-state index is -0.472. The third-order valence-electron chi connectivity index (χ3n) is 2.52. The van der Waals surface area contributed by atoms with Gasteiger partial charge in [-0.2, -0.15) is 0 Å². The summed E-state index contributed by atoms with van der Waals surface area (Å²) in [7, 11) is 1.27. The van der Waals surface area contributed by atoms with Gasteiger partial charge >= 0.3 is 5.97 Å². The van der Waals surface area contributed by atoms with E-state index in [1.165, 1.54) is 7.11 Å². The molecule has 0 unspecified atom stereocenters. The number of nitrogens with one attached hydrogen (secondary N) is 1. The van der Waals surface area contributed by atoms with Crippen LogP contribution in [-0.2, 0) is 16.0 Å². The van der Waals surface area contributed by atoms with Crippen LogP contribution in [0.4, 0.5) is 0 Å². The van der Waals surface area contributed by atoms with Gasteiger partial charge < -0.3 is 9.72 Å². The van der Waals surface area contributed by atoms with Crippen LogP contribution in [-0.4, -0.2) is 18.1 Å². The number of H-pyrrole nitrogens is 1. The molecule has 2 rings (SSSR count). The SMILES string of the molecule is COC(=O)Cc1cc2cc(Cl)c(Cl)cc2[nH]c1=O. The predicted octanol–water partition coefficient (Wildman–Crippen LogP) is 2.55. The number of benzene rings is 1. The molecule has 4 nitrogen and oxygen atoms in total. The molecule has 1 N–H and O–H groups in total. The standard InChI is InChI=1S/C12H9Cl2NO3/c1-18-11(16)4-7-2-6-3-8(13)9(14)5-10(6)15-12(7)17/h2-3,5H,4H2,1H3,(H,15,17). The van der Waals surface area contributed by atoms with Crippen molar-refractivity contribution in [2.45, 2.75) is 6.42 Å². The summed E-state index contributed by atoms with van der Waals surface area (Å²) in [6.45, 7) is 0. The van der Waals surface area contributed by atoms with E-state index in [4.69, 9.17) is 23.2 Å². The summed E-state index contributed by atoms with van der Waals surface area (Å²) in [5, 5.41) is 1.46. The van der Waals surface area contributed by atoms with Crippen molar-refractivity contribution in [1.82, 2.24) is 4.98 Å². The van der Waals surface area contributed by atoms with E-state index >= 15 is 0 Å². The Kier molecular flexibility index (Phi) is 3.59. The number of pyridine rings is 1. The Morgan fingerprint density at radius 3 is 2.61 bits per heavy atom. The van der Waals surface area contributed by atoms with E-state index in [0.717, 1.165) is 0 Å². The molecular weight excluding hydrogens is 277 g/mol. The fourth-order valence-corrected chi connectivity index (χ4v) is 1.94. The number of aromatic nitrogens is 1. The number of aromatic amines is 1. The van der Waals surface area contributed by atoms with E-state index in [2.05, 4.69) is 9.72 Å². The van der Waals surface area contributed by atoms with Crippen molar-refractivity contribution in [3.63, 3.8) is 0 Å². The van der Waals surface area contributed by atoms with Crippen molar-refractivity contribution in [3.8, 4) is 0 Å². The van der Waals surface area contributed by atoms with Gasteiger partial charge in [0.25, 0.3) is 5.56 Å². The van der Waals surface area contributed by atoms with Gasteiger partial charge in [-0.05, 0) is 18.2 Å². The summed E-state index contributed by atoms with van der Waals surface area (Å²) in [6.07, 6.45) is -0.0813. The number of ether oxygens (including phenoxy) is 1. The highest BCUT2D eigenvalue weighted by Gasteiger charge is 2.10. The zero-order valence-corrected chi connectivity index (χ0v) is 10.9. The normalized spacial score (nSPS) is 10.6. The van der Waals surface area contributed by atoms with Gasteiger partial charge in [-0.3, -0.25) is 9.59 Å². The number of carbonyl (C=O) groups is 1. The average molecular weight is 286 g/mol. The highest BCUT2D eigenvalue weighted by Crippen LogP contribution is 2.26. The number of fused-ring (bicyclic) bond motifs is 1. The molecule has 1 aromatic carbocycles. The molecular formula is C12H9Cl2NO3. The lowest BCUT2D eigenvalue weighted by molar-refractivity contribution is -0.139. The fourth-order valence-electron chi connectivity index (χ4n) is 1.60. The lowest BCUT2D eigenvalue weighted by Crippen LogP contribution is -2.17. The summed E-state index contributed by atoms with van der Waals surface area (Å²) in [4.78, 5) is 25.6. The maximum absolute atomic E-state index is 11.7. The molecule has 0 aliphatic rings. The molecule has 0 radical (unpaired) electrons. The third-order valence-corrected chi connectivity index (χ3v) is 3.25. The smallest absolute Gasteiger partial charge is 0.310 e. The number of halogens is 2. The molecule has 0 spiro atoms. The van der Waals surface area contributed by atoms with E-state index in [0.29, 0.717) is 26.5 Å². The van der Waals surface area contributed by atoms with Crippen LogP contribution in [0.25, 0.3) is 10.9 Å². The van der Waals surface area contributed by atoms with Crippen LogP contribution in [0.1, 0.15) is 5.56 Å². The first-order valence-electron chi connectivity index (χ1n) is 5.09. The Labute approximate surface area is 112 Å². The molecule has 0 fully saturated rings. The predicted molar refractivity (Wildman–Crippen MR) is 70.3 cm³/mol. The van der Waals surface area contributed by atoms with Gasteiger partial charge in [0, 0.05) is 16.5 Å². The molecule has 0 saturated heterocycles. The Hall–Kier alpha value is -1.52. The van der Waals surface area contributed by atoms with Crippen molar-refractivity contribution in [3.05, 3.63) is 44.2 Å². The first-order chi connectivity index (χ1) is 8.51. The summed E-state index contributed by atoms with van der Waals surface area (Å²) < 4.78 is 4.53. The van der Waals surface area contributed by atoms with Crippen molar-refractivity contribution >= 4 is 40.1 Å². The summed E-state index contributed by atoms with van der Waals surface area (Å²) in [5.74, 6) is -0.472. The second-order valence-corrected chi connectivity index (χ2v) is 4.54. The number of esters is 1. The first kappa shape index (κ1) is 12.9. The van der Waals surface area contributed by atoms with E-state index < -0.39 is 5.97 Å². The van der Waals surface area contributed by atoms with Crippen LogP contribution >= 0.6 is 23.2 Å². The number of hydrogen-bond acceptors (Lipinski definition) is 3. The Bertz CT molecular complexity index is 679. The highest BCUT2D eigenvalue weighted by molar-refractivity contribution is 6.42. The Balaban J connectivity index is 2.57. The van der Waals surface area contributed by atoms with Crippen molar-refractivity contribution in [1.29, 1.82) is 0 Å².